The van der Waals surface area contributed by atoms with Crippen LogP contribution in [0.3, 0.4) is 0 Å². The van der Waals surface area contributed by atoms with Crippen molar-refractivity contribution in [3.8, 4) is 0 Å². The zero-order valence-corrected chi connectivity index (χ0v) is 18.1. The van der Waals surface area contributed by atoms with Crippen molar-refractivity contribution in [1.29, 1.82) is 0 Å². The first-order chi connectivity index (χ1) is 15.4. The first-order valence-electron chi connectivity index (χ1n) is 9.96. The predicted molar refractivity (Wildman–Crippen MR) is 118 cm³/mol. The number of carbonyl (C=O) groups excluding carboxylic acids is 3. The molecule has 3 N–H and O–H groups in total. The molecule has 10 heteroatoms. The van der Waals surface area contributed by atoms with Gasteiger partial charge in [-0.3, -0.25) is 19.7 Å². The number of hydrogen-bond acceptors (Lipinski definition) is 7. The molecule has 1 aliphatic heterocycles. The lowest BCUT2D eigenvalue weighted by Gasteiger charge is -2.24. The summed E-state index contributed by atoms with van der Waals surface area (Å²) in [6.07, 6.45) is -2.60. The lowest BCUT2D eigenvalue weighted by Crippen LogP contribution is -2.36. The second-order valence-corrected chi connectivity index (χ2v) is 8.39. The zero-order valence-electron chi connectivity index (χ0n) is 18.1. The lowest BCUT2D eigenvalue weighted by atomic mass is 9.89. The molecule has 1 heterocycles. The van der Waals surface area contributed by atoms with Gasteiger partial charge in [0.05, 0.1) is 10.5 Å². The molecule has 10 nitrogen and oxygen atoms in total. The number of nitro benzene ring substituents is 1. The maximum Gasteiger partial charge on any atom is 0.337 e. The molecule has 2 aromatic rings. The van der Waals surface area contributed by atoms with Crippen LogP contribution in [-0.2, 0) is 14.3 Å². The molecule has 0 saturated carbocycles. The number of nitro groups is 1. The van der Waals surface area contributed by atoms with E-state index in [-0.39, 0.29) is 23.4 Å². The zero-order chi connectivity index (χ0) is 24.5. The van der Waals surface area contributed by atoms with Gasteiger partial charge in [-0.2, -0.15) is 0 Å². The normalized spacial score (nSPS) is 18.0. The fourth-order valence-electron chi connectivity index (χ4n) is 3.55. The third-order valence-corrected chi connectivity index (χ3v) is 5.47. The Balaban J connectivity index is 1.73. The van der Waals surface area contributed by atoms with Crippen molar-refractivity contribution in [3.05, 3.63) is 81.9 Å². The highest BCUT2D eigenvalue weighted by atomic mass is 16.6. The van der Waals surface area contributed by atoms with Crippen molar-refractivity contribution < 1.29 is 29.2 Å². The Morgan fingerprint density at radius 1 is 1.21 bits per heavy atom. The number of esters is 1. The van der Waals surface area contributed by atoms with E-state index in [2.05, 4.69) is 6.58 Å². The Labute approximate surface area is 189 Å². The first kappa shape index (κ1) is 23.6. The Kier molecular flexibility index (Phi) is 6.32. The molecule has 1 aliphatic rings. The van der Waals surface area contributed by atoms with Gasteiger partial charge in [0.15, 0.2) is 6.10 Å². The van der Waals surface area contributed by atoms with E-state index in [4.69, 9.17) is 10.5 Å². The number of hydrogen-bond donors (Lipinski definition) is 2. The van der Waals surface area contributed by atoms with E-state index < -0.39 is 40.3 Å². The molecule has 3 rings (SSSR count). The number of ether oxygens (including phenoxy) is 1. The van der Waals surface area contributed by atoms with Crippen molar-refractivity contribution in [3.63, 3.8) is 0 Å². The van der Waals surface area contributed by atoms with Crippen LogP contribution >= 0.6 is 0 Å². The molecule has 2 amide bonds. The van der Waals surface area contributed by atoms with E-state index in [0.717, 1.165) is 0 Å². The highest BCUT2D eigenvalue weighted by molar-refractivity contribution is 6.02. The molecule has 0 aromatic heterocycles. The summed E-state index contributed by atoms with van der Waals surface area (Å²) in [5.74, 6) is -2.01. The van der Waals surface area contributed by atoms with Crippen LogP contribution in [0.4, 0.5) is 11.4 Å². The summed E-state index contributed by atoms with van der Waals surface area (Å²) in [5.41, 5.74) is 5.04. The molecule has 0 aliphatic carbocycles. The molecule has 2 atom stereocenters. The SMILES string of the molecule is C=C(C(=O)O[C@H]1C(=O)N(c2ccc(C(N)=O)cc2)CC1(C)C)[C@@H](O)c1ccc([N+](=O)[O-])cc1. The summed E-state index contributed by atoms with van der Waals surface area (Å²) in [7, 11) is 0. The molecule has 2 aromatic carbocycles. The number of rotatable bonds is 7. The van der Waals surface area contributed by atoms with Gasteiger partial charge in [0.2, 0.25) is 5.91 Å². The molecular weight excluding hydrogens is 430 g/mol. The summed E-state index contributed by atoms with van der Waals surface area (Å²) in [5, 5.41) is 21.2. The summed E-state index contributed by atoms with van der Waals surface area (Å²) in [6, 6.07) is 11.2. The average Bonchev–Trinajstić information content (AvgIpc) is 3.01. The van der Waals surface area contributed by atoms with E-state index in [1.54, 1.807) is 26.0 Å². The van der Waals surface area contributed by atoms with Gasteiger partial charge < -0.3 is 20.5 Å². The number of aliphatic hydroxyl groups excluding tert-OH is 1. The second-order valence-electron chi connectivity index (χ2n) is 8.39. The molecule has 0 unspecified atom stereocenters. The average molecular weight is 453 g/mol. The molecule has 1 fully saturated rings. The van der Waals surface area contributed by atoms with Gasteiger partial charge in [-0.15, -0.1) is 0 Å². The van der Waals surface area contributed by atoms with Crippen LogP contribution in [-0.4, -0.2) is 40.5 Å². The van der Waals surface area contributed by atoms with Gasteiger partial charge in [0.25, 0.3) is 11.6 Å². The van der Waals surface area contributed by atoms with Crippen LogP contribution < -0.4 is 10.6 Å². The second kappa shape index (κ2) is 8.83. The Morgan fingerprint density at radius 2 is 1.79 bits per heavy atom. The number of amides is 2. The summed E-state index contributed by atoms with van der Waals surface area (Å²) < 4.78 is 5.45. The minimum absolute atomic E-state index is 0.165. The van der Waals surface area contributed by atoms with Crippen LogP contribution in [0.25, 0.3) is 0 Å². The molecule has 172 valence electrons. The van der Waals surface area contributed by atoms with Gasteiger partial charge in [-0.1, -0.05) is 20.4 Å². The van der Waals surface area contributed by atoms with Crippen LogP contribution in [0, 0.1) is 15.5 Å². The smallest absolute Gasteiger partial charge is 0.337 e. The number of anilines is 1. The van der Waals surface area contributed by atoms with E-state index in [1.807, 2.05) is 0 Å². The maximum absolute atomic E-state index is 13.0. The fourth-order valence-corrected chi connectivity index (χ4v) is 3.55. The minimum Gasteiger partial charge on any atom is -0.448 e. The van der Waals surface area contributed by atoms with Gasteiger partial charge in [-0.05, 0) is 42.0 Å². The summed E-state index contributed by atoms with van der Waals surface area (Å²) in [4.78, 5) is 48.6. The van der Waals surface area contributed by atoms with Gasteiger partial charge >= 0.3 is 5.97 Å². The predicted octanol–water partition coefficient (Wildman–Crippen LogP) is 2.27. The van der Waals surface area contributed by atoms with E-state index in [0.29, 0.717) is 11.3 Å². The monoisotopic (exact) mass is 453 g/mol. The third kappa shape index (κ3) is 4.75. The first-order valence-corrected chi connectivity index (χ1v) is 9.96. The number of primary amides is 1. The lowest BCUT2D eigenvalue weighted by molar-refractivity contribution is -0.384. The van der Waals surface area contributed by atoms with E-state index >= 15 is 0 Å². The van der Waals surface area contributed by atoms with Gasteiger partial charge in [0, 0.05) is 35.3 Å². The van der Waals surface area contributed by atoms with Crippen molar-refractivity contribution in [2.24, 2.45) is 11.1 Å². The molecule has 33 heavy (non-hydrogen) atoms. The number of benzene rings is 2. The highest BCUT2D eigenvalue weighted by Crippen LogP contribution is 2.37. The van der Waals surface area contributed by atoms with Crippen molar-refractivity contribution in [2.45, 2.75) is 26.1 Å². The standard InChI is InChI=1S/C23H23N3O7/c1-13(18(27)14-4-10-17(11-5-14)26(31)32)22(30)33-19-21(29)25(12-23(19,2)3)16-8-6-15(7-9-16)20(24)28/h4-11,18-19,27H,1,12H2,2-3H3,(H2,24,28)/t18-,19+/m1/s1. The van der Waals surface area contributed by atoms with Crippen LogP contribution in [0.1, 0.15) is 35.9 Å². The minimum atomic E-state index is -1.46. The number of nitrogens with zero attached hydrogens (tertiary/aromatic N) is 2. The highest BCUT2D eigenvalue weighted by Gasteiger charge is 2.49. The fraction of sp³-hybridized carbons (Fsp3) is 0.261. The van der Waals surface area contributed by atoms with Gasteiger partial charge in [0.1, 0.15) is 6.10 Å². The number of nitrogens with two attached hydrogens (primary N) is 1. The number of carbonyl (C=O) groups is 3. The van der Waals surface area contributed by atoms with E-state index in [9.17, 15) is 29.6 Å². The third-order valence-electron chi connectivity index (χ3n) is 5.47. The molecule has 0 spiro atoms. The van der Waals surface area contributed by atoms with E-state index in [1.165, 1.54) is 41.3 Å². The molecule has 0 bridgehead atoms. The molecular formula is C23H23N3O7. The van der Waals surface area contributed by atoms with Crippen LogP contribution in [0.5, 0.6) is 0 Å². The Bertz CT molecular complexity index is 1120. The molecule has 0 radical (unpaired) electrons. The van der Waals surface area contributed by atoms with Crippen LogP contribution in [0.15, 0.2) is 60.7 Å². The summed E-state index contributed by atoms with van der Waals surface area (Å²) in [6.45, 7) is 7.35. The number of non-ortho nitro benzene ring substituents is 1. The quantitative estimate of drug-likeness (QED) is 0.282. The van der Waals surface area contributed by atoms with Crippen LogP contribution in [0.2, 0.25) is 0 Å². The van der Waals surface area contributed by atoms with Crippen molar-refractivity contribution in [2.75, 3.05) is 11.4 Å². The number of aliphatic hydroxyl groups is 1. The largest absolute Gasteiger partial charge is 0.448 e. The Morgan fingerprint density at radius 3 is 2.30 bits per heavy atom. The van der Waals surface area contributed by atoms with Crippen molar-refractivity contribution in [1.82, 2.24) is 0 Å². The molecule has 1 saturated heterocycles. The topological polar surface area (TPSA) is 153 Å². The van der Waals surface area contributed by atoms with Gasteiger partial charge in [-0.25, -0.2) is 4.79 Å². The summed E-state index contributed by atoms with van der Waals surface area (Å²) >= 11 is 0. The van der Waals surface area contributed by atoms with Crippen molar-refractivity contribution >= 4 is 29.2 Å². The maximum atomic E-state index is 13.0. The Hall–Kier alpha value is -4.05.